The summed E-state index contributed by atoms with van der Waals surface area (Å²) in [7, 11) is -2.29. The molecule has 8 nitrogen and oxygen atoms in total. The molecule has 0 atom stereocenters. The van der Waals surface area contributed by atoms with Crippen LogP contribution in [-0.2, 0) is 24.3 Å². The van der Waals surface area contributed by atoms with Gasteiger partial charge in [-0.1, -0.05) is 0 Å². The Morgan fingerprint density at radius 2 is 1.55 bits per heavy atom. The number of carbonyl (C=O) groups excluding carboxylic acids is 2. The van der Waals surface area contributed by atoms with Gasteiger partial charge >= 0.3 is 5.97 Å². The van der Waals surface area contributed by atoms with Crippen molar-refractivity contribution < 1.29 is 22.7 Å². The number of esters is 1. The molecule has 0 fully saturated rings. The number of nitriles is 1. The number of ether oxygens (including phenoxy) is 1. The Bertz CT molecular complexity index is 903. The summed E-state index contributed by atoms with van der Waals surface area (Å²) in [6.07, 6.45) is -0.00883. The second-order valence-electron chi connectivity index (χ2n) is 6.99. The number of hydrogen-bond donors (Lipinski definition) is 1. The summed E-state index contributed by atoms with van der Waals surface area (Å²) in [4.78, 5) is 25.1. The summed E-state index contributed by atoms with van der Waals surface area (Å²) in [6.45, 7) is 8.95. The van der Waals surface area contributed by atoms with Crippen LogP contribution in [0.4, 0.5) is 0 Å². The number of sulfonamides is 1. The lowest BCUT2D eigenvalue weighted by atomic mass is 9.95. The van der Waals surface area contributed by atoms with E-state index < -0.39 is 28.5 Å². The molecule has 1 N–H and O–H groups in total. The lowest BCUT2D eigenvalue weighted by Gasteiger charge is -2.19. The van der Waals surface area contributed by atoms with E-state index in [-0.39, 0.29) is 30.8 Å². The number of carbonyl (C=O) groups is 2. The molecule has 0 aliphatic heterocycles. The molecule has 0 radical (unpaired) electrons. The zero-order valence-electron chi connectivity index (χ0n) is 17.9. The van der Waals surface area contributed by atoms with Crippen molar-refractivity contribution >= 4 is 21.9 Å². The van der Waals surface area contributed by atoms with Crippen molar-refractivity contribution in [1.29, 1.82) is 5.26 Å². The first kappa shape index (κ1) is 24.6. The average molecular weight is 424 g/mol. The maximum absolute atomic E-state index is 12.8. The molecule has 1 amide bonds. The predicted octanol–water partition coefficient (Wildman–Crippen LogP) is 1.81. The molecule has 0 aromatic heterocycles. The Morgan fingerprint density at radius 1 is 1.03 bits per heavy atom. The Balaban J connectivity index is 2.68. The number of benzene rings is 1. The molecular weight excluding hydrogens is 394 g/mol. The third-order valence-corrected chi connectivity index (χ3v) is 6.90. The average Bonchev–Trinajstić information content (AvgIpc) is 2.66. The zero-order valence-corrected chi connectivity index (χ0v) is 18.7. The lowest BCUT2D eigenvalue weighted by Crippen LogP contribution is -2.33. The summed E-state index contributed by atoms with van der Waals surface area (Å²) in [5.74, 6) is -1.11. The van der Waals surface area contributed by atoms with Crippen molar-refractivity contribution in [2.45, 2.75) is 52.4 Å². The standard InChI is InChI=1S/C20H29N3O5S/c1-13-14(2)16(4)20(17(5)15(13)3)29(26,27)22-10-8-19(25)28-12-18(24)23(6)11-7-9-21/h22H,7-8,10-12H2,1-6H3. The fraction of sp³-hybridized carbons (Fsp3) is 0.550. The van der Waals surface area contributed by atoms with Crippen LogP contribution < -0.4 is 4.72 Å². The molecule has 0 bridgehead atoms. The summed E-state index contributed by atoms with van der Waals surface area (Å²) in [6, 6.07) is 1.92. The summed E-state index contributed by atoms with van der Waals surface area (Å²) in [5, 5.41) is 8.51. The summed E-state index contributed by atoms with van der Waals surface area (Å²) < 4.78 is 32.9. The minimum absolute atomic E-state index is 0.134. The fourth-order valence-electron chi connectivity index (χ4n) is 2.90. The van der Waals surface area contributed by atoms with Crippen LogP contribution in [0.5, 0.6) is 0 Å². The fourth-order valence-corrected chi connectivity index (χ4v) is 4.52. The van der Waals surface area contributed by atoms with Crippen LogP contribution in [0.1, 0.15) is 40.7 Å². The molecule has 0 saturated carbocycles. The van der Waals surface area contributed by atoms with E-state index >= 15 is 0 Å². The number of amides is 1. The third kappa shape index (κ3) is 6.27. The van der Waals surface area contributed by atoms with Crippen LogP contribution in [-0.4, -0.2) is 51.9 Å². The predicted molar refractivity (Wildman–Crippen MR) is 109 cm³/mol. The van der Waals surface area contributed by atoms with Gasteiger partial charge in [0.1, 0.15) is 0 Å². The van der Waals surface area contributed by atoms with Gasteiger partial charge in [-0.2, -0.15) is 5.26 Å². The van der Waals surface area contributed by atoms with Crippen LogP contribution in [0.2, 0.25) is 0 Å². The molecule has 0 unspecified atom stereocenters. The number of hydrogen-bond acceptors (Lipinski definition) is 6. The number of nitrogens with zero attached hydrogens (tertiary/aromatic N) is 2. The summed E-state index contributed by atoms with van der Waals surface area (Å²) in [5.41, 5.74) is 4.28. The van der Waals surface area contributed by atoms with Crippen LogP contribution in [0, 0.1) is 45.9 Å². The smallest absolute Gasteiger partial charge is 0.307 e. The molecule has 1 rings (SSSR count). The van der Waals surface area contributed by atoms with Gasteiger partial charge in [-0.3, -0.25) is 9.59 Å². The molecule has 0 saturated heterocycles. The van der Waals surface area contributed by atoms with Crippen LogP contribution in [0.3, 0.4) is 0 Å². The maximum Gasteiger partial charge on any atom is 0.307 e. The monoisotopic (exact) mass is 423 g/mol. The molecule has 1 aromatic carbocycles. The van der Waals surface area contributed by atoms with Gasteiger partial charge in [0.05, 0.1) is 23.8 Å². The van der Waals surface area contributed by atoms with Gasteiger partial charge in [0.15, 0.2) is 6.61 Å². The second-order valence-corrected chi connectivity index (χ2v) is 8.69. The highest BCUT2D eigenvalue weighted by molar-refractivity contribution is 7.89. The SMILES string of the molecule is Cc1c(C)c(C)c(S(=O)(=O)NCCC(=O)OCC(=O)N(C)CCC#N)c(C)c1C. The van der Waals surface area contributed by atoms with Gasteiger partial charge in [-0.15, -0.1) is 0 Å². The number of likely N-dealkylation sites (N-methyl/N-ethyl adjacent to an activating group) is 1. The lowest BCUT2D eigenvalue weighted by molar-refractivity contribution is -0.151. The van der Waals surface area contributed by atoms with Crippen LogP contribution >= 0.6 is 0 Å². The molecule has 0 aliphatic rings. The van der Waals surface area contributed by atoms with Gasteiger partial charge in [0, 0.05) is 20.1 Å². The highest BCUT2D eigenvalue weighted by atomic mass is 32.2. The van der Waals surface area contributed by atoms with Gasteiger partial charge in [0.2, 0.25) is 10.0 Å². The number of nitrogens with one attached hydrogen (secondary N) is 1. The molecule has 9 heteroatoms. The Hall–Kier alpha value is -2.44. The molecule has 160 valence electrons. The van der Waals surface area contributed by atoms with Crippen molar-refractivity contribution in [3.63, 3.8) is 0 Å². The van der Waals surface area contributed by atoms with Crippen molar-refractivity contribution in [1.82, 2.24) is 9.62 Å². The first-order valence-corrected chi connectivity index (χ1v) is 10.8. The van der Waals surface area contributed by atoms with E-state index in [1.54, 1.807) is 13.8 Å². The van der Waals surface area contributed by atoms with E-state index in [4.69, 9.17) is 10.00 Å². The molecular formula is C20H29N3O5S. The van der Waals surface area contributed by atoms with E-state index in [0.717, 1.165) is 16.7 Å². The third-order valence-electron chi connectivity index (χ3n) is 5.16. The van der Waals surface area contributed by atoms with Gasteiger partial charge in [-0.25, -0.2) is 13.1 Å². The molecule has 1 aromatic rings. The van der Waals surface area contributed by atoms with Crippen molar-refractivity contribution in [2.24, 2.45) is 0 Å². The van der Waals surface area contributed by atoms with Crippen molar-refractivity contribution in [3.8, 4) is 6.07 Å². The first-order valence-electron chi connectivity index (χ1n) is 9.27. The second kappa shape index (κ2) is 10.4. The van der Waals surface area contributed by atoms with Gasteiger partial charge in [-0.05, 0) is 62.4 Å². The molecule has 0 heterocycles. The van der Waals surface area contributed by atoms with Gasteiger partial charge in [0.25, 0.3) is 5.91 Å². The minimum Gasteiger partial charge on any atom is -0.456 e. The van der Waals surface area contributed by atoms with E-state index in [1.165, 1.54) is 11.9 Å². The van der Waals surface area contributed by atoms with E-state index in [1.807, 2.05) is 26.8 Å². The van der Waals surface area contributed by atoms with Crippen molar-refractivity contribution in [3.05, 3.63) is 27.8 Å². The topological polar surface area (TPSA) is 117 Å². The quantitative estimate of drug-likeness (QED) is 0.606. The Kier molecular flexibility index (Phi) is 8.80. The highest BCUT2D eigenvalue weighted by Crippen LogP contribution is 2.29. The van der Waals surface area contributed by atoms with E-state index in [9.17, 15) is 18.0 Å². The zero-order chi connectivity index (χ0) is 22.4. The van der Waals surface area contributed by atoms with E-state index in [2.05, 4.69) is 4.72 Å². The molecule has 29 heavy (non-hydrogen) atoms. The Morgan fingerprint density at radius 3 is 2.07 bits per heavy atom. The molecule has 0 spiro atoms. The van der Waals surface area contributed by atoms with E-state index in [0.29, 0.717) is 11.1 Å². The largest absolute Gasteiger partial charge is 0.456 e. The van der Waals surface area contributed by atoms with Crippen molar-refractivity contribution in [2.75, 3.05) is 26.7 Å². The highest BCUT2D eigenvalue weighted by Gasteiger charge is 2.23. The minimum atomic E-state index is -3.80. The van der Waals surface area contributed by atoms with Gasteiger partial charge < -0.3 is 9.64 Å². The summed E-state index contributed by atoms with van der Waals surface area (Å²) >= 11 is 0. The first-order chi connectivity index (χ1) is 13.4. The Labute approximate surface area is 172 Å². The van der Waals surface area contributed by atoms with Crippen LogP contribution in [0.15, 0.2) is 4.90 Å². The maximum atomic E-state index is 12.8. The number of rotatable bonds is 9. The normalized spacial score (nSPS) is 11.1. The van der Waals surface area contributed by atoms with Crippen LogP contribution in [0.25, 0.3) is 0 Å². The molecule has 0 aliphatic carbocycles.